The molecule has 0 bridgehead atoms. The van der Waals surface area contributed by atoms with E-state index in [4.69, 9.17) is 17.7 Å². The molecule has 0 saturated carbocycles. The molecule has 30 rings (SSSR count). The molecule has 8 aromatic heterocycles. The maximum absolute atomic E-state index is 6.66. The molecule has 20 aromatic carbocycles. The van der Waals surface area contributed by atoms with Gasteiger partial charge < -0.3 is 31.7 Å². The van der Waals surface area contributed by atoms with E-state index in [2.05, 4.69) is 448 Å². The van der Waals surface area contributed by atoms with Crippen LogP contribution >= 0.6 is 11.3 Å². The Morgan fingerprint density at radius 2 is 0.755 bits per heavy atom. The number of aromatic nitrogens is 3. The lowest BCUT2D eigenvalue weighted by atomic mass is 9.82. The summed E-state index contributed by atoms with van der Waals surface area (Å²) in [5.74, 6) is 0. The lowest BCUT2D eigenvalue weighted by Gasteiger charge is -2.28. The Morgan fingerprint density at radius 1 is 0.266 bits per heavy atom. The molecule has 0 N–H and O–H groups in total. The number of furan rings is 4. The molecule has 28 aromatic rings. The molecule has 2 aliphatic carbocycles. The molecule has 0 aliphatic heterocycles. The molecule has 0 atom stereocenters. The van der Waals surface area contributed by atoms with E-state index in [-0.39, 0.29) is 10.8 Å². The largest absolute Gasteiger partial charge is 0.456 e. The van der Waals surface area contributed by atoms with Gasteiger partial charge in [-0.1, -0.05) is 288 Å². The minimum atomic E-state index is -0.128. The predicted molar refractivity (Wildman–Crippen MR) is 582 cm³/mol. The van der Waals surface area contributed by atoms with Crippen LogP contribution in [-0.2, 0) is 10.8 Å². The van der Waals surface area contributed by atoms with Crippen molar-refractivity contribution in [3.8, 4) is 78.1 Å². The minimum absolute atomic E-state index is 0.0812. The van der Waals surface area contributed by atoms with Crippen LogP contribution in [0.4, 0.5) is 17.1 Å². The molecule has 8 heterocycles. The Morgan fingerprint density at radius 3 is 1.52 bits per heavy atom. The number of nitrogens with zero attached hydrogens (tertiary/aromatic N) is 4. The van der Waals surface area contributed by atoms with Gasteiger partial charge in [0.1, 0.15) is 39.1 Å². The van der Waals surface area contributed by atoms with Gasteiger partial charge in [0.25, 0.3) is 0 Å². The number of fused-ring (bicyclic) bond motifs is 31. The van der Waals surface area contributed by atoms with Gasteiger partial charge in [0.05, 0.1) is 44.0 Å². The molecule has 9 heteroatoms. The molecule has 8 nitrogen and oxygen atoms in total. The minimum Gasteiger partial charge on any atom is -0.456 e. The molecular formula is C130H86N4O4S. The first-order chi connectivity index (χ1) is 68.3. The SMILES string of the molecule is CC1(C)c2ccccc2-c2ccc(N(c3ccc(-c4ccc5oc6c7c(ccc6c5c4)-c4ccccc4C7(C)C)cc3)c3cccnc3)cc21.Cc1ccc(-c2ccc3c4ccccc4n(-c4ccc5oc6c(ccc7oc8ccccc8c76)c5c4)c3c2)cc1.c1cc(-c2ccc3ccccc3c2)cc(-c2ccc3c(c2)c2ccccc2n3-c2ccc3oc4c(ccc5c6ccccc6sc54)c3c2)c1. The van der Waals surface area contributed by atoms with Gasteiger partial charge in [-0.15, -0.1) is 11.3 Å². The van der Waals surface area contributed by atoms with Crippen molar-refractivity contribution in [2.24, 2.45) is 0 Å². The van der Waals surface area contributed by atoms with Crippen molar-refractivity contribution in [1.29, 1.82) is 0 Å². The third kappa shape index (κ3) is 12.6. The van der Waals surface area contributed by atoms with Crippen molar-refractivity contribution in [3.05, 3.63) is 459 Å². The number of rotatable bonds is 9. The van der Waals surface area contributed by atoms with Crippen LogP contribution in [0.5, 0.6) is 0 Å². The second-order valence-corrected chi connectivity index (χ2v) is 39.5. The van der Waals surface area contributed by atoms with E-state index in [9.17, 15) is 0 Å². The van der Waals surface area contributed by atoms with Crippen LogP contribution in [0.25, 0.3) is 240 Å². The van der Waals surface area contributed by atoms with Gasteiger partial charge >= 0.3 is 0 Å². The Balaban J connectivity index is 0.000000103. The molecule has 656 valence electrons. The van der Waals surface area contributed by atoms with Crippen LogP contribution in [-0.4, -0.2) is 14.1 Å². The topological polar surface area (TPSA) is 78.5 Å². The van der Waals surface area contributed by atoms with E-state index in [1.54, 1.807) is 0 Å². The first-order valence-electron chi connectivity index (χ1n) is 47.7. The molecule has 0 amide bonds. The maximum Gasteiger partial charge on any atom is 0.153 e. The van der Waals surface area contributed by atoms with Gasteiger partial charge in [0.2, 0.25) is 0 Å². The van der Waals surface area contributed by atoms with Crippen LogP contribution in [0.15, 0.2) is 449 Å². The van der Waals surface area contributed by atoms with Gasteiger partial charge in [0, 0.05) is 120 Å². The summed E-state index contributed by atoms with van der Waals surface area (Å²) in [6.07, 6.45) is 3.77. The third-order valence-corrected chi connectivity index (χ3v) is 31.0. The first-order valence-corrected chi connectivity index (χ1v) is 48.5. The average molecular weight is 1800 g/mol. The first kappa shape index (κ1) is 80.1. The Hall–Kier alpha value is -17.4. The lowest BCUT2D eigenvalue weighted by Crippen LogP contribution is -2.16. The van der Waals surface area contributed by atoms with Crippen LogP contribution in [0.3, 0.4) is 0 Å². The summed E-state index contributed by atoms with van der Waals surface area (Å²) in [4.78, 5) is 6.80. The van der Waals surface area contributed by atoms with Crippen LogP contribution in [0.2, 0.25) is 0 Å². The Bertz CT molecular complexity index is 10000. The predicted octanol–water partition coefficient (Wildman–Crippen LogP) is 36.8. The number of anilines is 3. The second kappa shape index (κ2) is 30.8. The summed E-state index contributed by atoms with van der Waals surface area (Å²) in [7, 11) is 0. The number of pyridine rings is 1. The number of aryl methyl sites for hydroxylation is 1. The summed E-state index contributed by atoms with van der Waals surface area (Å²) < 4.78 is 33.1. The lowest BCUT2D eigenvalue weighted by molar-refractivity contribution is 0.620. The van der Waals surface area contributed by atoms with E-state index >= 15 is 0 Å². The summed E-state index contributed by atoms with van der Waals surface area (Å²) >= 11 is 1.81. The summed E-state index contributed by atoms with van der Waals surface area (Å²) in [6.45, 7) is 11.4. The van der Waals surface area contributed by atoms with Crippen molar-refractivity contribution in [3.63, 3.8) is 0 Å². The van der Waals surface area contributed by atoms with Crippen molar-refractivity contribution in [1.82, 2.24) is 14.1 Å². The quantitative estimate of drug-likeness (QED) is 0.143. The zero-order valence-corrected chi connectivity index (χ0v) is 77.6. The molecular weight excluding hydrogens is 1710 g/mol. The van der Waals surface area contributed by atoms with Crippen molar-refractivity contribution in [2.75, 3.05) is 4.90 Å². The third-order valence-electron chi connectivity index (χ3n) is 29.8. The van der Waals surface area contributed by atoms with E-state index in [1.165, 1.54) is 169 Å². The zero-order valence-electron chi connectivity index (χ0n) is 76.8. The number of hydrogen-bond donors (Lipinski definition) is 0. The average Bonchev–Trinajstić information content (AvgIpc) is 1.54. The number of para-hydroxylation sites is 3. The Labute approximate surface area is 804 Å². The molecule has 0 unspecified atom stereocenters. The fourth-order valence-corrected chi connectivity index (χ4v) is 24.2. The molecule has 0 spiro atoms. The normalized spacial score (nSPS) is 13.0. The highest BCUT2D eigenvalue weighted by Gasteiger charge is 2.40. The summed E-state index contributed by atoms with van der Waals surface area (Å²) in [5, 5.41) is 19.0. The van der Waals surface area contributed by atoms with E-state index in [0.29, 0.717) is 0 Å². The van der Waals surface area contributed by atoms with E-state index < -0.39 is 0 Å². The monoisotopic (exact) mass is 1800 g/mol. The summed E-state index contributed by atoms with van der Waals surface area (Å²) in [6, 6.07) is 151. The fourth-order valence-electron chi connectivity index (χ4n) is 23.0. The number of hydrogen-bond acceptors (Lipinski definition) is 7. The second-order valence-electron chi connectivity index (χ2n) is 38.4. The van der Waals surface area contributed by atoms with Gasteiger partial charge in [0.15, 0.2) is 5.58 Å². The molecule has 0 fully saturated rings. The highest BCUT2D eigenvalue weighted by molar-refractivity contribution is 7.26. The number of benzene rings is 20. The van der Waals surface area contributed by atoms with Crippen LogP contribution in [0, 0.1) is 6.92 Å². The Kier molecular flexibility index (Phi) is 17.8. The van der Waals surface area contributed by atoms with Gasteiger partial charge in [-0.2, -0.15) is 0 Å². The molecule has 139 heavy (non-hydrogen) atoms. The zero-order chi connectivity index (χ0) is 92.2. The van der Waals surface area contributed by atoms with Crippen LogP contribution in [0.1, 0.15) is 55.5 Å². The molecule has 2 aliphatic rings. The highest BCUT2D eigenvalue weighted by atomic mass is 32.1. The smallest absolute Gasteiger partial charge is 0.153 e. The van der Waals surface area contributed by atoms with E-state index in [1.807, 2.05) is 48.0 Å². The highest BCUT2D eigenvalue weighted by Crippen LogP contribution is 2.56. The number of thiophene rings is 1. The standard InChI is InChI=1S/C47H36N2O.C46H27NOS.C37H23NO2/c1-46(2)40-13-7-5-11-34(40)36-21-20-32(27-42(36)46)49(33-10-9-25-48-28-33)31-18-15-29(16-19-31)30-17-24-43-39(26-30)38-23-22-37-35-12-6-8-14-41(35)47(3,4)44(37)45(38)50-43;1-2-9-29-24-32(17-16-28(29)8-1)30-10-7-11-31(25-30)33-18-22-42-39(26-33)35-12-3-5-14-41(35)47(42)34-19-23-43-40(27-34)37-20-21-38-36-13-4-6-15-44(36)49-46(38)45(37)48-43;1-22-10-12-23(13-11-22)24-14-16-27-26-6-2-4-8-31(26)38(32(27)20-24)25-15-18-34-30(21-25)28-17-19-35-36(37(28)40-34)29-7-3-5-9-33(29)39-35/h5-28H,1-4H3;1-27H;2-21H,1H3. The fraction of sp³-hybridized carbons (Fsp3) is 0.0538. The van der Waals surface area contributed by atoms with Crippen LogP contribution < -0.4 is 4.90 Å². The van der Waals surface area contributed by atoms with Crippen molar-refractivity contribution < 1.29 is 17.7 Å². The molecule has 0 radical (unpaired) electrons. The van der Waals surface area contributed by atoms with Crippen molar-refractivity contribution in [2.45, 2.75) is 45.4 Å². The molecule has 0 saturated heterocycles. The summed E-state index contributed by atoms with van der Waals surface area (Å²) in [5.41, 5.74) is 38.8. The van der Waals surface area contributed by atoms with Crippen molar-refractivity contribution >= 4 is 191 Å². The van der Waals surface area contributed by atoms with E-state index in [0.717, 1.165) is 116 Å². The van der Waals surface area contributed by atoms with Gasteiger partial charge in [-0.3, -0.25) is 4.98 Å². The van der Waals surface area contributed by atoms with Gasteiger partial charge in [-0.25, -0.2) is 0 Å². The maximum atomic E-state index is 6.66. The van der Waals surface area contributed by atoms with Gasteiger partial charge in [-0.05, 0) is 265 Å².